The summed E-state index contributed by atoms with van der Waals surface area (Å²) < 4.78 is 27.9. The van der Waals surface area contributed by atoms with Gasteiger partial charge in [0.1, 0.15) is 10.6 Å². The Labute approximate surface area is 254 Å². The minimum Gasteiger partial charge on any atom is -0.508 e. The molecule has 3 fully saturated rings. The average molecular weight is 610 g/mol. The van der Waals surface area contributed by atoms with E-state index in [1.807, 2.05) is 18.4 Å². The third kappa shape index (κ3) is 6.01. The van der Waals surface area contributed by atoms with Gasteiger partial charge in [0.05, 0.1) is 16.1 Å². The van der Waals surface area contributed by atoms with E-state index >= 15 is 0 Å². The number of likely N-dealkylation sites (tertiary alicyclic amines) is 1. The van der Waals surface area contributed by atoms with Crippen molar-refractivity contribution in [1.29, 1.82) is 0 Å². The molecule has 1 aromatic heterocycles. The first kappa shape index (κ1) is 29.7. The molecule has 3 saturated heterocycles. The highest BCUT2D eigenvalue weighted by Gasteiger charge is 2.33. The van der Waals surface area contributed by atoms with Crippen molar-refractivity contribution < 1.29 is 13.5 Å². The molecule has 3 aliphatic heterocycles. The van der Waals surface area contributed by atoms with Crippen LogP contribution in [0.4, 0.5) is 5.69 Å². The second kappa shape index (κ2) is 12.7. The van der Waals surface area contributed by atoms with E-state index < -0.39 is 9.84 Å². The number of piperidine rings is 2. The summed E-state index contributed by atoms with van der Waals surface area (Å²) >= 11 is 1.64. The number of rotatable bonds is 7. The Bertz CT molecular complexity index is 1480. The van der Waals surface area contributed by atoms with Crippen LogP contribution in [-0.4, -0.2) is 110 Å². The van der Waals surface area contributed by atoms with E-state index in [2.05, 4.69) is 37.6 Å². The van der Waals surface area contributed by atoms with Gasteiger partial charge in [-0.2, -0.15) is 0 Å². The van der Waals surface area contributed by atoms with Crippen molar-refractivity contribution in [2.24, 2.45) is 0 Å². The maximum Gasteiger partial charge on any atom is 0.210 e. The zero-order valence-corrected chi connectivity index (χ0v) is 26.4. The Morgan fingerprint density at radius 2 is 1.45 bits per heavy atom. The number of benzene rings is 2. The number of pyridine rings is 1. The number of phenols is 1. The molecule has 0 saturated carbocycles. The van der Waals surface area contributed by atoms with Crippen molar-refractivity contribution in [1.82, 2.24) is 19.7 Å². The number of aromatic hydroxyl groups is 1. The van der Waals surface area contributed by atoms with Crippen LogP contribution in [0.5, 0.6) is 5.75 Å². The van der Waals surface area contributed by atoms with E-state index in [4.69, 9.17) is 0 Å². The second-order valence-electron chi connectivity index (χ2n) is 11.8. The fraction of sp³-hybridized carbons (Fsp3) is 0.531. The molecule has 3 aliphatic rings. The number of thioether (sulfide) groups is 1. The highest BCUT2D eigenvalue weighted by molar-refractivity contribution is 7.98. The van der Waals surface area contributed by atoms with Crippen LogP contribution in [0.3, 0.4) is 0 Å². The van der Waals surface area contributed by atoms with Crippen LogP contribution in [0.25, 0.3) is 10.9 Å². The van der Waals surface area contributed by atoms with Gasteiger partial charge < -0.3 is 14.9 Å². The lowest BCUT2D eigenvalue weighted by molar-refractivity contribution is 0.0384. The summed E-state index contributed by atoms with van der Waals surface area (Å²) in [6.07, 6.45) is 8.17. The molecule has 42 heavy (non-hydrogen) atoms. The van der Waals surface area contributed by atoms with E-state index in [1.54, 1.807) is 11.8 Å². The molecule has 0 aliphatic carbocycles. The third-order valence-electron chi connectivity index (χ3n) is 9.62. The van der Waals surface area contributed by atoms with Gasteiger partial charge in [0, 0.05) is 67.8 Å². The standard InChI is InChI=1S/C32H43N5O3S2/c1-3-34-14-10-24(11-15-34)35-18-20-36(21-19-35)25-12-16-37(17-13-25)32-29-22-27(41-2)6-9-30(29)33-23-31(32)42(39,40)28-7-4-26(38)5-8-28/h4-9,22-25,38H,3,10-21H2,1-2H3. The predicted octanol–water partition coefficient (Wildman–Crippen LogP) is 4.57. The number of hydrogen-bond donors (Lipinski definition) is 1. The van der Waals surface area contributed by atoms with Crippen LogP contribution in [-0.2, 0) is 9.84 Å². The van der Waals surface area contributed by atoms with E-state index in [0.717, 1.165) is 86.2 Å². The Hall–Kier alpha value is -2.37. The van der Waals surface area contributed by atoms with E-state index in [-0.39, 0.29) is 15.5 Å². The summed E-state index contributed by atoms with van der Waals surface area (Å²) in [5.41, 5.74) is 1.56. The molecule has 2 aromatic carbocycles. The number of anilines is 1. The summed E-state index contributed by atoms with van der Waals surface area (Å²) in [6, 6.07) is 13.1. The van der Waals surface area contributed by atoms with E-state index in [0.29, 0.717) is 6.04 Å². The maximum atomic E-state index is 13.9. The molecule has 3 aromatic rings. The quantitative estimate of drug-likeness (QED) is 0.388. The van der Waals surface area contributed by atoms with Crippen molar-refractivity contribution in [3.8, 4) is 5.75 Å². The average Bonchev–Trinajstić information content (AvgIpc) is 3.04. The molecule has 4 heterocycles. The SMILES string of the molecule is CCN1CCC(N2CCN(C3CCN(c4c(S(=O)(=O)c5ccc(O)cc5)cnc5ccc(SC)cc45)CC3)CC2)CC1. The van der Waals surface area contributed by atoms with Crippen LogP contribution < -0.4 is 4.90 Å². The summed E-state index contributed by atoms with van der Waals surface area (Å²) in [6.45, 7) is 12.0. The van der Waals surface area contributed by atoms with Crippen molar-refractivity contribution in [3.05, 3.63) is 48.7 Å². The lowest BCUT2D eigenvalue weighted by atomic mass is 9.99. The van der Waals surface area contributed by atoms with Gasteiger partial charge in [-0.3, -0.25) is 14.8 Å². The van der Waals surface area contributed by atoms with E-state index in [9.17, 15) is 13.5 Å². The van der Waals surface area contributed by atoms with E-state index in [1.165, 1.54) is 56.4 Å². The molecule has 6 rings (SSSR count). The zero-order valence-electron chi connectivity index (χ0n) is 24.8. The van der Waals surface area contributed by atoms with Gasteiger partial charge in [-0.15, -0.1) is 11.8 Å². The van der Waals surface area contributed by atoms with Crippen LogP contribution in [0.1, 0.15) is 32.6 Å². The molecule has 0 atom stereocenters. The second-order valence-corrected chi connectivity index (χ2v) is 14.6. The minimum absolute atomic E-state index is 0.0419. The third-order valence-corrected chi connectivity index (χ3v) is 12.1. The number of aromatic nitrogens is 1. The lowest BCUT2D eigenvalue weighted by Gasteiger charge is -2.46. The van der Waals surface area contributed by atoms with Gasteiger partial charge in [-0.1, -0.05) is 6.92 Å². The van der Waals surface area contributed by atoms with Gasteiger partial charge in [-0.25, -0.2) is 8.42 Å². The maximum absolute atomic E-state index is 13.9. The molecule has 0 radical (unpaired) electrons. The number of hydrogen-bond acceptors (Lipinski definition) is 9. The van der Waals surface area contributed by atoms with Crippen molar-refractivity contribution >= 4 is 38.2 Å². The highest BCUT2D eigenvalue weighted by Crippen LogP contribution is 2.39. The number of sulfone groups is 1. The normalized spacial score (nSPS) is 20.9. The highest BCUT2D eigenvalue weighted by atomic mass is 32.2. The summed E-state index contributed by atoms with van der Waals surface area (Å²) in [4.78, 5) is 16.3. The summed E-state index contributed by atoms with van der Waals surface area (Å²) in [5.74, 6) is 0.0419. The number of fused-ring (bicyclic) bond motifs is 1. The molecule has 0 amide bonds. The smallest absolute Gasteiger partial charge is 0.210 e. The Morgan fingerprint density at radius 3 is 2.02 bits per heavy atom. The molecule has 0 bridgehead atoms. The van der Waals surface area contributed by atoms with Gasteiger partial charge in [0.2, 0.25) is 9.84 Å². The first-order valence-corrected chi connectivity index (χ1v) is 18.0. The van der Waals surface area contributed by atoms with Crippen LogP contribution in [0.15, 0.2) is 63.3 Å². The fourth-order valence-electron chi connectivity index (χ4n) is 7.06. The Morgan fingerprint density at radius 1 is 0.857 bits per heavy atom. The first-order chi connectivity index (χ1) is 20.4. The Kier molecular flexibility index (Phi) is 8.98. The minimum atomic E-state index is -3.84. The lowest BCUT2D eigenvalue weighted by Crippen LogP contribution is -2.56. The van der Waals surface area contributed by atoms with Crippen LogP contribution in [0, 0.1) is 0 Å². The monoisotopic (exact) mass is 609 g/mol. The molecule has 10 heteroatoms. The topological polar surface area (TPSA) is 80.2 Å². The molecule has 226 valence electrons. The van der Waals surface area contributed by atoms with Crippen LogP contribution in [0.2, 0.25) is 0 Å². The molecule has 0 spiro atoms. The first-order valence-electron chi connectivity index (χ1n) is 15.3. The molecule has 0 unspecified atom stereocenters. The van der Waals surface area contributed by atoms with Crippen molar-refractivity contribution in [2.75, 3.05) is 70.1 Å². The molecular weight excluding hydrogens is 567 g/mol. The largest absolute Gasteiger partial charge is 0.508 e. The van der Waals surface area contributed by atoms with Crippen molar-refractivity contribution in [2.45, 2.75) is 59.4 Å². The fourth-order valence-corrected chi connectivity index (χ4v) is 8.94. The molecule has 8 nitrogen and oxygen atoms in total. The summed E-state index contributed by atoms with van der Waals surface area (Å²) in [5, 5.41) is 10.6. The van der Waals surface area contributed by atoms with Gasteiger partial charge in [0.15, 0.2) is 0 Å². The zero-order chi connectivity index (χ0) is 29.3. The Balaban J connectivity index is 1.20. The predicted molar refractivity (Wildman–Crippen MR) is 171 cm³/mol. The van der Waals surface area contributed by atoms with Gasteiger partial charge >= 0.3 is 0 Å². The van der Waals surface area contributed by atoms with Gasteiger partial charge in [0.25, 0.3) is 0 Å². The van der Waals surface area contributed by atoms with Crippen LogP contribution >= 0.6 is 11.8 Å². The molecule has 1 N–H and O–H groups in total. The summed E-state index contributed by atoms with van der Waals surface area (Å²) in [7, 11) is -3.84. The van der Waals surface area contributed by atoms with Gasteiger partial charge in [-0.05, 0) is 94.0 Å². The number of nitrogens with zero attached hydrogens (tertiary/aromatic N) is 5. The van der Waals surface area contributed by atoms with Crippen molar-refractivity contribution in [3.63, 3.8) is 0 Å². The number of phenolic OH excluding ortho intramolecular Hbond substituents is 1. The number of piperazine rings is 1. The molecular formula is C32H43N5O3S2.